The maximum absolute atomic E-state index is 5.84. The highest BCUT2D eigenvalue weighted by Gasteiger charge is 2.08. The Morgan fingerprint density at radius 3 is 2.83 bits per heavy atom. The number of benzene rings is 1. The van der Waals surface area contributed by atoms with Crippen LogP contribution in [0.4, 0.5) is 0 Å². The molecule has 1 aromatic carbocycles. The van der Waals surface area contributed by atoms with Crippen LogP contribution in [0.15, 0.2) is 41.0 Å². The van der Waals surface area contributed by atoms with Gasteiger partial charge in [-0.2, -0.15) is 0 Å². The third kappa shape index (κ3) is 2.89. The SMILES string of the molecule is Cc1cccnc1COc1c(Br)cccc1CN. The molecule has 0 aliphatic rings. The zero-order valence-corrected chi connectivity index (χ0v) is 11.8. The topological polar surface area (TPSA) is 48.1 Å². The highest BCUT2D eigenvalue weighted by atomic mass is 79.9. The fraction of sp³-hybridized carbons (Fsp3) is 0.214. The molecular weight excluding hydrogens is 292 g/mol. The summed E-state index contributed by atoms with van der Waals surface area (Å²) in [6, 6.07) is 9.80. The van der Waals surface area contributed by atoms with Crippen molar-refractivity contribution in [3.63, 3.8) is 0 Å². The standard InChI is InChI=1S/C14H15BrN2O/c1-10-4-3-7-17-13(10)9-18-14-11(8-16)5-2-6-12(14)15/h2-7H,8-9,16H2,1H3. The van der Waals surface area contributed by atoms with Gasteiger partial charge in [0.1, 0.15) is 12.4 Å². The Morgan fingerprint density at radius 2 is 2.11 bits per heavy atom. The predicted molar refractivity (Wildman–Crippen MR) is 75.3 cm³/mol. The first-order valence-electron chi connectivity index (χ1n) is 5.73. The van der Waals surface area contributed by atoms with Crippen molar-refractivity contribution in [1.29, 1.82) is 0 Å². The van der Waals surface area contributed by atoms with Gasteiger partial charge in [-0.25, -0.2) is 0 Å². The number of nitrogens with zero attached hydrogens (tertiary/aromatic N) is 1. The summed E-state index contributed by atoms with van der Waals surface area (Å²) in [7, 11) is 0. The summed E-state index contributed by atoms with van der Waals surface area (Å²) in [5.74, 6) is 0.796. The van der Waals surface area contributed by atoms with E-state index in [2.05, 4.69) is 20.9 Å². The number of para-hydroxylation sites is 1. The molecule has 0 aliphatic heterocycles. The van der Waals surface area contributed by atoms with Crippen molar-refractivity contribution in [2.75, 3.05) is 0 Å². The van der Waals surface area contributed by atoms with Crippen molar-refractivity contribution in [1.82, 2.24) is 4.98 Å². The summed E-state index contributed by atoms with van der Waals surface area (Å²) in [6.07, 6.45) is 1.77. The van der Waals surface area contributed by atoms with E-state index in [1.807, 2.05) is 37.3 Å². The van der Waals surface area contributed by atoms with E-state index in [0.717, 1.165) is 27.0 Å². The minimum Gasteiger partial charge on any atom is -0.486 e. The van der Waals surface area contributed by atoms with E-state index < -0.39 is 0 Å². The molecule has 94 valence electrons. The molecule has 3 nitrogen and oxygen atoms in total. The summed E-state index contributed by atoms with van der Waals surface area (Å²) in [5.41, 5.74) is 8.75. The Balaban J connectivity index is 2.18. The van der Waals surface area contributed by atoms with Crippen LogP contribution in [0.1, 0.15) is 16.8 Å². The van der Waals surface area contributed by atoms with Crippen LogP contribution in [0, 0.1) is 6.92 Å². The summed E-state index contributed by atoms with van der Waals surface area (Å²) in [4.78, 5) is 4.31. The number of hydrogen-bond acceptors (Lipinski definition) is 3. The molecule has 1 aromatic heterocycles. The number of aryl methyl sites for hydroxylation is 1. The summed E-state index contributed by atoms with van der Waals surface area (Å²) in [6.45, 7) is 2.92. The molecule has 0 atom stereocenters. The van der Waals surface area contributed by atoms with E-state index in [1.165, 1.54) is 0 Å². The molecule has 2 aromatic rings. The lowest BCUT2D eigenvalue weighted by molar-refractivity contribution is 0.295. The van der Waals surface area contributed by atoms with Gasteiger partial charge in [-0.3, -0.25) is 4.98 Å². The van der Waals surface area contributed by atoms with Crippen molar-refractivity contribution in [3.8, 4) is 5.75 Å². The quantitative estimate of drug-likeness (QED) is 0.943. The number of rotatable bonds is 4. The lowest BCUT2D eigenvalue weighted by Crippen LogP contribution is -2.05. The number of nitrogens with two attached hydrogens (primary N) is 1. The van der Waals surface area contributed by atoms with Gasteiger partial charge < -0.3 is 10.5 Å². The Bertz CT molecular complexity index is 543. The number of hydrogen-bond donors (Lipinski definition) is 1. The first-order valence-corrected chi connectivity index (χ1v) is 6.52. The van der Waals surface area contributed by atoms with E-state index in [9.17, 15) is 0 Å². The fourth-order valence-corrected chi connectivity index (χ4v) is 2.21. The van der Waals surface area contributed by atoms with Gasteiger partial charge in [-0.15, -0.1) is 0 Å². The van der Waals surface area contributed by atoms with Crippen LogP contribution < -0.4 is 10.5 Å². The molecule has 0 saturated heterocycles. The van der Waals surface area contributed by atoms with Gasteiger partial charge in [0.05, 0.1) is 10.2 Å². The molecule has 0 fully saturated rings. The molecule has 18 heavy (non-hydrogen) atoms. The molecule has 0 saturated carbocycles. The molecule has 2 N–H and O–H groups in total. The monoisotopic (exact) mass is 306 g/mol. The van der Waals surface area contributed by atoms with Crippen molar-refractivity contribution in [2.24, 2.45) is 5.73 Å². The highest BCUT2D eigenvalue weighted by molar-refractivity contribution is 9.10. The van der Waals surface area contributed by atoms with E-state index in [-0.39, 0.29) is 0 Å². The average molecular weight is 307 g/mol. The molecule has 0 amide bonds. The summed E-state index contributed by atoms with van der Waals surface area (Å²) < 4.78 is 6.75. The van der Waals surface area contributed by atoms with Gasteiger partial charge in [-0.05, 0) is 40.5 Å². The van der Waals surface area contributed by atoms with Crippen molar-refractivity contribution in [3.05, 3.63) is 57.8 Å². The number of halogens is 1. The van der Waals surface area contributed by atoms with E-state index >= 15 is 0 Å². The van der Waals surface area contributed by atoms with Crippen molar-refractivity contribution < 1.29 is 4.74 Å². The fourth-order valence-electron chi connectivity index (χ4n) is 1.69. The van der Waals surface area contributed by atoms with Gasteiger partial charge in [0.15, 0.2) is 0 Å². The third-order valence-electron chi connectivity index (χ3n) is 2.74. The summed E-state index contributed by atoms with van der Waals surface area (Å²) >= 11 is 3.48. The van der Waals surface area contributed by atoms with Crippen LogP contribution in [-0.2, 0) is 13.2 Å². The maximum Gasteiger partial charge on any atom is 0.138 e. The Morgan fingerprint density at radius 1 is 1.28 bits per heavy atom. The van der Waals surface area contributed by atoms with Crippen LogP contribution in [0.3, 0.4) is 0 Å². The van der Waals surface area contributed by atoms with Crippen LogP contribution in [0.2, 0.25) is 0 Å². The van der Waals surface area contributed by atoms with E-state index in [4.69, 9.17) is 10.5 Å². The van der Waals surface area contributed by atoms with Crippen LogP contribution in [-0.4, -0.2) is 4.98 Å². The maximum atomic E-state index is 5.84. The molecule has 0 unspecified atom stereocenters. The predicted octanol–water partition coefficient (Wildman–Crippen LogP) is 3.19. The second-order valence-corrected chi connectivity index (χ2v) is 4.84. The number of pyridine rings is 1. The van der Waals surface area contributed by atoms with Gasteiger partial charge in [-0.1, -0.05) is 18.2 Å². The van der Waals surface area contributed by atoms with Gasteiger partial charge in [0.2, 0.25) is 0 Å². The second-order valence-electron chi connectivity index (χ2n) is 3.99. The molecule has 1 heterocycles. The minimum atomic E-state index is 0.447. The van der Waals surface area contributed by atoms with Gasteiger partial charge >= 0.3 is 0 Å². The van der Waals surface area contributed by atoms with Crippen LogP contribution in [0.25, 0.3) is 0 Å². The van der Waals surface area contributed by atoms with E-state index in [1.54, 1.807) is 6.20 Å². The normalized spacial score (nSPS) is 10.4. The number of aromatic nitrogens is 1. The number of ether oxygens (including phenoxy) is 1. The first-order chi connectivity index (χ1) is 8.72. The lowest BCUT2D eigenvalue weighted by Gasteiger charge is -2.12. The average Bonchev–Trinajstić information content (AvgIpc) is 2.39. The Kier molecular flexibility index (Phi) is 4.33. The molecular formula is C14H15BrN2O. The highest BCUT2D eigenvalue weighted by Crippen LogP contribution is 2.29. The zero-order chi connectivity index (χ0) is 13.0. The van der Waals surface area contributed by atoms with Crippen molar-refractivity contribution in [2.45, 2.75) is 20.1 Å². The second kappa shape index (κ2) is 5.98. The lowest BCUT2D eigenvalue weighted by atomic mass is 10.2. The molecule has 0 radical (unpaired) electrons. The zero-order valence-electron chi connectivity index (χ0n) is 10.2. The molecule has 0 bridgehead atoms. The molecule has 0 spiro atoms. The van der Waals surface area contributed by atoms with E-state index in [0.29, 0.717) is 13.2 Å². The van der Waals surface area contributed by atoms with Crippen LogP contribution in [0.5, 0.6) is 5.75 Å². The molecule has 4 heteroatoms. The van der Waals surface area contributed by atoms with Gasteiger partial charge in [0, 0.05) is 18.3 Å². The Hall–Kier alpha value is -1.39. The van der Waals surface area contributed by atoms with Crippen molar-refractivity contribution >= 4 is 15.9 Å². The molecule has 2 rings (SSSR count). The molecule has 0 aliphatic carbocycles. The summed E-state index contributed by atoms with van der Waals surface area (Å²) in [5, 5.41) is 0. The van der Waals surface area contributed by atoms with Crippen LogP contribution >= 0.6 is 15.9 Å². The largest absolute Gasteiger partial charge is 0.486 e. The Labute approximate surface area is 115 Å². The first kappa shape index (κ1) is 13.1. The smallest absolute Gasteiger partial charge is 0.138 e. The van der Waals surface area contributed by atoms with Gasteiger partial charge in [0.25, 0.3) is 0 Å². The minimum absolute atomic E-state index is 0.447. The third-order valence-corrected chi connectivity index (χ3v) is 3.36.